The molecule has 0 unspecified atom stereocenters. The Morgan fingerprint density at radius 2 is 1.07 bits per heavy atom. The predicted molar refractivity (Wildman–Crippen MR) is 71.5 cm³/mol. The van der Waals surface area contributed by atoms with Crippen LogP contribution in [0, 0.1) is 0 Å². The van der Waals surface area contributed by atoms with Gasteiger partial charge in [-0.1, -0.05) is 48.5 Å². The van der Waals surface area contributed by atoms with E-state index in [9.17, 15) is 0 Å². The Morgan fingerprint density at radius 1 is 0.667 bits per heavy atom. The SMILES string of the molecule is IN=C1c2ccccc2-c2ccccc21. The standard InChI is InChI=1S/C13H8IN/c14-15-13-11-7-3-1-5-9(11)10-6-2-4-8-12(10)13/h1-8H. The zero-order valence-electron chi connectivity index (χ0n) is 7.94. The van der Waals surface area contributed by atoms with E-state index in [4.69, 9.17) is 0 Å². The van der Waals surface area contributed by atoms with Crippen molar-refractivity contribution >= 4 is 28.6 Å². The minimum atomic E-state index is 1.10. The first-order chi connectivity index (χ1) is 7.42. The summed E-state index contributed by atoms with van der Waals surface area (Å²) in [5, 5.41) is 0. The van der Waals surface area contributed by atoms with Gasteiger partial charge < -0.3 is 0 Å². The van der Waals surface area contributed by atoms with E-state index in [0.29, 0.717) is 0 Å². The third-order valence-electron chi connectivity index (χ3n) is 2.74. The van der Waals surface area contributed by atoms with Crippen molar-refractivity contribution < 1.29 is 0 Å². The molecule has 0 radical (unpaired) electrons. The van der Waals surface area contributed by atoms with Crippen LogP contribution in [0.2, 0.25) is 0 Å². The first-order valence-corrected chi connectivity index (χ1v) is 5.76. The average molecular weight is 305 g/mol. The molecule has 15 heavy (non-hydrogen) atoms. The quantitative estimate of drug-likeness (QED) is 0.559. The van der Waals surface area contributed by atoms with E-state index < -0.39 is 0 Å². The fraction of sp³-hybridized carbons (Fsp3) is 0. The Bertz CT molecular complexity index is 510. The molecule has 0 bridgehead atoms. The minimum absolute atomic E-state index is 1.10. The normalized spacial score (nSPS) is 12.2. The van der Waals surface area contributed by atoms with Crippen LogP contribution in [0.3, 0.4) is 0 Å². The summed E-state index contributed by atoms with van der Waals surface area (Å²) in [5.74, 6) is 0. The highest BCUT2D eigenvalue weighted by Crippen LogP contribution is 2.36. The van der Waals surface area contributed by atoms with Gasteiger partial charge in [-0.05, 0) is 11.1 Å². The zero-order chi connectivity index (χ0) is 10.3. The van der Waals surface area contributed by atoms with Crippen molar-refractivity contribution in [2.45, 2.75) is 0 Å². The van der Waals surface area contributed by atoms with Gasteiger partial charge in [0.25, 0.3) is 0 Å². The lowest BCUT2D eigenvalue weighted by atomic mass is 10.1. The predicted octanol–water partition coefficient (Wildman–Crippen LogP) is 3.85. The van der Waals surface area contributed by atoms with Crippen LogP contribution in [0.25, 0.3) is 11.1 Å². The smallest absolute Gasteiger partial charge is 0.0853 e. The summed E-state index contributed by atoms with van der Waals surface area (Å²) in [5.41, 5.74) is 6.18. The van der Waals surface area contributed by atoms with Crippen LogP contribution in [0.4, 0.5) is 0 Å². The summed E-state index contributed by atoms with van der Waals surface area (Å²) >= 11 is 2.07. The van der Waals surface area contributed by atoms with E-state index >= 15 is 0 Å². The van der Waals surface area contributed by atoms with Crippen molar-refractivity contribution in [3.63, 3.8) is 0 Å². The van der Waals surface area contributed by atoms with E-state index in [1.54, 1.807) is 0 Å². The number of halogens is 1. The third-order valence-corrected chi connectivity index (χ3v) is 3.22. The largest absolute Gasteiger partial charge is 0.214 e. The fourth-order valence-electron chi connectivity index (χ4n) is 2.09. The van der Waals surface area contributed by atoms with Crippen molar-refractivity contribution in [2.75, 3.05) is 0 Å². The maximum atomic E-state index is 4.36. The average Bonchev–Trinajstić information content (AvgIpc) is 2.63. The van der Waals surface area contributed by atoms with Crippen molar-refractivity contribution in [3.05, 3.63) is 59.7 Å². The molecule has 3 rings (SSSR count). The monoisotopic (exact) mass is 305 g/mol. The van der Waals surface area contributed by atoms with Gasteiger partial charge in [-0.15, -0.1) is 0 Å². The van der Waals surface area contributed by atoms with E-state index in [1.807, 2.05) is 0 Å². The van der Waals surface area contributed by atoms with Crippen LogP contribution in [0.5, 0.6) is 0 Å². The van der Waals surface area contributed by atoms with Gasteiger partial charge in [0.1, 0.15) is 0 Å². The molecule has 0 aliphatic heterocycles. The van der Waals surface area contributed by atoms with Crippen molar-refractivity contribution in [3.8, 4) is 11.1 Å². The topological polar surface area (TPSA) is 12.4 Å². The third kappa shape index (κ3) is 1.24. The summed E-state index contributed by atoms with van der Waals surface area (Å²) < 4.78 is 4.36. The molecule has 2 aromatic rings. The Labute approximate surface area is 102 Å². The van der Waals surface area contributed by atoms with Gasteiger partial charge in [-0.3, -0.25) is 0 Å². The number of rotatable bonds is 0. The van der Waals surface area contributed by atoms with Gasteiger partial charge in [0.15, 0.2) is 0 Å². The molecule has 0 N–H and O–H groups in total. The summed E-state index contributed by atoms with van der Waals surface area (Å²) in [6.45, 7) is 0. The molecule has 0 atom stereocenters. The second kappa shape index (κ2) is 3.45. The maximum absolute atomic E-state index is 4.36. The summed E-state index contributed by atoms with van der Waals surface area (Å²) in [6, 6.07) is 16.8. The summed E-state index contributed by atoms with van der Waals surface area (Å²) in [6.07, 6.45) is 0. The van der Waals surface area contributed by atoms with Crippen LogP contribution >= 0.6 is 22.9 Å². The summed E-state index contributed by atoms with van der Waals surface area (Å²) in [7, 11) is 0. The van der Waals surface area contributed by atoms with Crippen molar-refractivity contribution in [1.29, 1.82) is 0 Å². The lowest BCUT2D eigenvalue weighted by molar-refractivity contribution is 1.65. The van der Waals surface area contributed by atoms with E-state index in [1.165, 1.54) is 22.3 Å². The lowest BCUT2D eigenvalue weighted by Gasteiger charge is -1.96. The molecule has 0 saturated carbocycles. The first kappa shape index (κ1) is 9.09. The zero-order valence-corrected chi connectivity index (χ0v) is 10.1. The Hall–Kier alpha value is -1.16. The first-order valence-electron chi connectivity index (χ1n) is 4.80. The second-order valence-electron chi connectivity index (χ2n) is 3.52. The number of fused-ring (bicyclic) bond motifs is 3. The highest BCUT2D eigenvalue weighted by Gasteiger charge is 2.23. The van der Waals surface area contributed by atoms with Crippen molar-refractivity contribution in [2.24, 2.45) is 3.21 Å². The maximum Gasteiger partial charge on any atom is 0.0853 e. The molecule has 2 heteroatoms. The molecule has 1 nitrogen and oxygen atoms in total. The van der Waals surface area contributed by atoms with Crippen LogP contribution < -0.4 is 0 Å². The highest BCUT2D eigenvalue weighted by molar-refractivity contribution is 14.1. The van der Waals surface area contributed by atoms with Crippen molar-refractivity contribution in [1.82, 2.24) is 0 Å². The van der Waals surface area contributed by atoms with Crippen LogP contribution in [0.15, 0.2) is 51.7 Å². The number of benzene rings is 2. The molecule has 0 heterocycles. The van der Waals surface area contributed by atoms with E-state index in [-0.39, 0.29) is 0 Å². The Kier molecular flexibility index (Phi) is 2.09. The molecule has 2 aromatic carbocycles. The number of hydrogen-bond donors (Lipinski definition) is 0. The molecule has 72 valence electrons. The van der Waals surface area contributed by atoms with Gasteiger partial charge in [0.05, 0.1) is 28.6 Å². The molecule has 1 aliphatic rings. The van der Waals surface area contributed by atoms with E-state index in [0.717, 1.165) is 5.71 Å². The van der Waals surface area contributed by atoms with Gasteiger partial charge in [-0.2, -0.15) is 0 Å². The minimum Gasteiger partial charge on any atom is -0.214 e. The molecular weight excluding hydrogens is 297 g/mol. The molecule has 0 fully saturated rings. The number of nitrogens with zero attached hydrogens (tertiary/aromatic N) is 1. The molecule has 1 aliphatic carbocycles. The number of hydrogen-bond acceptors (Lipinski definition) is 1. The van der Waals surface area contributed by atoms with Gasteiger partial charge in [-0.25, -0.2) is 3.21 Å². The Balaban J connectivity index is 2.41. The van der Waals surface area contributed by atoms with Gasteiger partial charge in [0.2, 0.25) is 0 Å². The van der Waals surface area contributed by atoms with E-state index in [2.05, 4.69) is 74.6 Å². The highest BCUT2D eigenvalue weighted by atomic mass is 127. The molecule has 0 spiro atoms. The molecular formula is C13H8IN. The van der Waals surface area contributed by atoms with Crippen LogP contribution in [0.1, 0.15) is 11.1 Å². The molecule has 0 saturated heterocycles. The van der Waals surface area contributed by atoms with Crippen LogP contribution in [-0.4, -0.2) is 5.71 Å². The van der Waals surface area contributed by atoms with Gasteiger partial charge >= 0.3 is 0 Å². The lowest BCUT2D eigenvalue weighted by Crippen LogP contribution is -1.95. The van der Waals surface area contributed by atoms with Crippen LogP contribution in [-0.2, 0) is 0 Å². The Morgan fingerprint density at radius 3 is 1.47 bits per heavy atom. The summed E-state index contributed by atoms with van der Waals surface area (Å²) in [4.78, 5) is 0. The second-order valence-corrected chi connectivity index (χ2v) is 4.01. The molecule has 0 aromatic heterocycles. The fourth-order valence-corrected chi connectivity index (χ4v) is 2.60. The van der Waals surface area contributed by atoms with Gasteiger partial charge in [0, 0.05) is 11.1 Å². The molecule has 0 amide bonds.